The largest absolute Gasteiger partial charge is 0.303 e. The van der Waals surface area contributed by atoms with Gasteiger partial charge in [0.2, 0.25) is 0 Å². The zero-order chi connectivity index (χ0) is 9.47. The van der Waals surface area contributed by atoms with E-state index in [4.69, 9.17) is 0 Å². The van der Waals surface area contributed by atoms with Crippen LogP contribution in [0.15, 0.2) is 4.60 Å². The molecule has 1 saturated carbocycles. The van der Waals surface area contributed by atoms with E-state index in [1.807, 2.05) is 7.05 Å². The number of hydrogen-bond donors (Lipinski definition) is 0. The number of nitrogens with zero attached hydrogens (tertiary/aromatic N) is 3. The van der Waals surface area contributed by atoms with E-state index < -0.39 is 0 Å². The minimum absolute atomic E-state index is 0.113. The molecule has 1 aromatic rings. The van der Waals surface area contributed by atoms with E-state index in [0.29, 0.717) is 0 Å². The molecule has 0 saturated heterocycles. The van der Waals surface area contributed by atoms with E-state index in [-0.39, 0.29) is 5.41 Å². The first kappa shape index (κ1) is 8.87. The molecule has 0 amide bonds. The molecule has 0 unspecified atom stereocenters. The van der Waals surface area contributed by atoms with E-state index >= 15 is 0 Å². The van der Waals surface area contributed by atoms with Gasteiger partial charge >= 0.3 is 0 Å². The predicted molar refractivity (Wildman–Crippen MR) is 50.1 cm³/mol. The molecule has 2 rings (SSSR count). The van der Waals surface area contributed by atoms with Crippen molar-refractivity contribution in [2.75, 3.05) is 0 Å². The molecule has 0 bridgehead atoms. The second-order valence-corrected chi connectivity index (χ2v) is 4.36. The summed E-state index contributed by atoms with van der Waals surface area (Å²) in [7, 11) is 1.84. The lowest BCUT2D eigenvalue weighted by Gasteiger charge is -2.05. The van der Waals surface area contributed by atoms with Crippen LogP contribution in [0, 0.1) is 5.41 Å². The summed E-state index contributed by atoms with van der Waals surface area (Å²) < 4.78 is 2.47. The lowest BCUT2D eigenvalue weighted by Crippen LogP contribution is -2.10. The lowest BCUT2D eigenvalue weighted by molar-refractivity contribution is -0.112. The van der Waals surface area contributed by atoms with Gasteiger partial charge in [-0.05, 0) is 28.8 Å². The quantitative estimate of drug-likeness (QED) is 0.748. The van der Waals surface area contributed by atoms with Crippen LogP contribution in [0.1, 0.15) is 18.5 Å². The molecule has 1 heterocycles. The zero-order valence-corrected chi connectivity index (χ0v) is 8.91. The normalized spacial score (nSPS) is 18.6. The Balaban J connectivity index is 2.22. The third-order valence-electron chi connectivity index (χ3n) is 2.56. The lowest BCUT2D eigenvalue weighted by atomic mass is 10.0. The number of hydrogen-bond acceptors (Lipinski definition) is 3. The zero-order valence-electron chi connectivity index (χ0n) is 7.33. The first-order valence-corrected chi connectivity index (χ1v) is 4.96. The van der Waals surface area contributed by atoms with Crippen LogP contribution < -0.4 is 0 Å². The van der Waals surface area contributed by atoms with Crippen molar-refractivity contribution in [1.29, 1.82) is 0 Å². The average molecular weight is 244 g/mol. The van der Waals surface area contributed by atoms with E-state index in [1.54, 1.807) is 4.68 Å². The number of aryl methyl sites for hydroxylation is 1. The number of aromatic nitrogens is 3. The molecule has 0 aromatic carbocycles. The number of carbonyl (C=O) groups excluding carboxylic acids is 1. The van der Waals surface area contributed by atoms with Gasteiger partial charge in [-0.3, -0.25) is 4.68 Å². The minimum atomic E-state index is -0.113. The first-order valence-electron chi connectivity index (χ1n) is 4.17. The number of carbonyl (C=O) groups is 1. The van der Waals surface area contributed by atoms with E-state index in [1.165, 1.54) is 0 Å². The van der Waals surface area contributed by atoms with Gasteiger partial charge in [-0.25, -0.2) is 0 Å². The Morgan fingerprint density at radius 2 is 2.38 bits per heavy atom. The summed E-state index contributed by atoms with van der Waals surface area (Å²) in [5.41, 5.74) is 0.891. The summed E-state index contributed by atoms with van der Waals surface area (Å²) in [4.78, 5) is 10.8. The summed E-state index contributed by atoms with van der Waals surface area (Å²) in [5.74, 6) is 0. The van der Waals surface area contributed by atoms with Crippen LogP contribution in [-0.2, 0) is 18.3 Å². The van der Waals surface area contributed by atoms with Crippen LogP contribution in [0.4, 0.5) is 0 Å². The van der Waals surface area contributed by atoms with Gasteiger partial charge in [0.25, 0.3) is 0 Å². The summed E-state index contributed by atoms with van der Waals surface area (Å²) in [5, 5.41) is 7.74. The smallest absolute Gasteiger partial charge is 0.151 e. The highest BCUT2D eigenvalue weighted by atomic mass is 79.9. The SMILES string of the molecule is Cn1nnc(Br)c1CC1(C=O)CC1. The first-order chi connectivity index (χ1) is 6.17. The van der Waals surface area contributed by atoms with Crippen LogP contribution >= 0.6 is 15.9 Å². The molecule has 70 valence electrons. The van der Waals surface area contributed by atoms with Gasteiger partial charge in [0.05, 0.1) is 5.69 Å². The fraction of sp³-hybridized carbons (Fsp3) is 0.625. The van der Waals surface area contributed by atoms with Gasteiger partial charge in [0, 0.05) is 18.9 Å². The van der Waals surface area contributed by atoms with Crippen LogP contribution in [0.25, 0.3) is 0 Å². The highest BCUT2D eigenvalue weighted by Crippen LogP contribution is 2.46. The van der Waals surface area contributed by atoms with Crippen LogP contribution in [0.2, 0.25) is 0 Å². The summed E-state index contributed by atoms with van der Waals surface area (Å²) in [6.07, 6.45) is 3.80. The Morgan fingerprint density at radius 3 is 2.77 bits per heavy atom. The van der Waals surface area contributed by atoms with Crippen molar-refractivity contribution >= 4 is 22.2 Å². The Hall–Kier alpha value is -0.710. The average Bonchev–Trinajstić information content (AvgIpc) is 2.84. The molecule has 4 nitrogen and oxygen atoms in total. The molecular formula is C8H10BrN3O. The summed E-state index contributed by atoms with van der Waals surface area (Å²) in [6.45, 7) is 0. The van der Waals surface area contributed by atoms with E-state index in [0.717, 1.165) is 35.8 Å². The Kier molecular flexibility index (Phi) is 1.98. The maximum absolute atomic E-state index is 10.8. The van der Waals surface area contributed by atoms with Crippen molar-refractivity contribution in [3.8, 4) is 0 Å². The summed E-state index contributed by atoms with van der Waals surface area (Å²) >= 11 is 3.32. The van der Waals surface area contributed by atoms with Crippen LogP contribution in [-0.4, -0.2) is 21.3 Å². The molecule has 0 aliphatic heterocycles. The highest BCUT2D eigenvalue weighted by Gasteiger charge is 2.43. The molecule has 13 heavy (non-hydrogen) atoms. The van der Waals surface area contributed by atoms with Gasteiger partial charge in [0.1, 0.15) is 6.29 Å². The third-order valence-corrected chi connectivity index (χ3v) is 3.17. The summed E-state index contributed by atoms with van der Waals surface area (Å²) in [6, 6.07) is 0. The molecule has 5 heteroatoms. The Morgan fingerprint density at radius 1 is 1.69 bits per heavy atom. The van der Waals surface area contributed by atoms with Crippen molar-refractivity contribution in [1.82, 2.24) is 15.0 Å². The van der Waals surface area contributed by atoms with Crippen LogP contribution in [0.5, 0.6) is 0 Å². The number of halogens is 1. The van der Waals surface area contributed by atoms with Crippen molar-refractivity contribution in [2.24, 2.45) is 12.5 Å². The van der Waals surface area contributed by atoms with Crippen molar-refractivity contribution in [3.05, 3.63) is 10.3 Å². The molecule has 0 atom stereocenters. The molecule has 0 spiro atoms. The Labute approximate surface area is 84.4 Å². The van der Waals surface area contributed by atoms with Gasteiger partial charge in [-0.2, -0.15) is 0 Å². The topological polar surface area (TPSA) is 47.8 Å². The maximum atomic E-state index is 10.8. The number of aldehydes is 1. The molecule has 1 aliphatic carbocycles. The van der Waals surface area contributed by atoms with Gasteiger partial charge < -0.3 is 4.79 Å². The Bertz CT molecular complexity index is 324. The maximum Gasteiger partial charge on any atom is 0.151 e. The van der Waals surface area contributed by atoms with Crippen molar-refractivity contribution < 1.29 is 4.79 Å². The van der Waals surface area contributed by atoms with E-state index in [9.17, 15) is 4.79 Å². The van der Waals surface area contributed by atoms with Gasteiger partial charge in [0.15, 0.2) is 4.60 Å². The fourth-order valence-corrected chi connectivity index (χ4v) is 1.84. The van der Waals surface area contributed by atoms with E-state index in [2.05, 4.69) is 26.2 Å². The highest BCUT2D eigenvalue weighted by molar-refractivity contribution is 9.10. The van der Waals surface area contributed by atoms with Crippen molar-refractivity contribution in [2.45, 2.75) is 19.3 Å². The minimum Gasteiger partial charge on any atom is -0.303 e. The predicted octanol–water partition coefficient (Wildman–Crippen LogP) is 1.10. The number of rotatable bonds is 3. The standard InChI is InChI=1S/C8H10BrN3O/c1-12-6(7(9)10-11-12)4-8(5-13)2-3-8/h5H,2-4H2,1H3. The second-order valence-electron chi connectivity index (χ2n) is 3.61. The van der Waals surface area contributed by atoms with Gasteiger partial charge in [-0.15, -0.1) is 5.10 Å². The molecule has 1 fully saturated rings. The van der Waals surface area contributed by atoms with Crippen molar-refractivity contribution in [3.63, 3.8) is 0 Å². The second kappa shape index (κ2) is 2.90. The molecular weight excluding hydrogens is 234 g/mol. The van der Waals surface area contributed by atoms with Gasteiger partial charge in [-0.1, -0.05) is 5.21 Å². The fourth-order valence-electron chi connectivity index (χ4n) is 1.37. The molecule has 0 N–H and O–H groups in total. The molecule has 0 radical (unpaired) electrons. The molecule has 1 aromatic heterocycles. The monoisotopic (exact) mass is 243 g/mol. The van der Waals surface area contributed by atoms with Crippen LogP contribution in [0.3, 0.4) is 0 Å². The third kappa shape index (κ3) is 1.52. The molecule has 1 aliphatic rings.